The Labute approximate surface area is 117 Å². The van der Waals surface area contributed by atoms with E-state index in [4.69, 9.17) is 12.2 Å². The Hall–Kier alpha value is -1.54. The highest BCUT2D eigenvalue weighted by Crippen LogP contribution is 2.44. The minimum atomic E-state index is -0.799. The van der Waals surface area contributed by atoms with Crippen molar-refractivity contribution in [3.63, 3.8) is 0 Å². The standard InChI is InChI=1S/C13H15N4OS/c1-2-17-5-3-13(4-6-17)9(7-14)11(18)16-12(19)10(13)8-15/h9H,2-6H2,1H3,(H,16,18,19)/q-1/p+1/t9-/m0/s1. The minimum absolute atomic E-state index is 0.207. The fourth-order valence-electron chi connectivity index (χ4n) is 3.15. The van der Waals surface area contributed by atoms with Gasteiger partial charge in [0.25, 0.3) is 0 Å². The molecule has 6 heteroatoms. The predicted octanol–water partition coefficient (Wildman–Crippen LogP) is -0.566. The topological polar surface area (TPSA) is 79.6 Å². The summed E-state index contributed by atoms with van der Waals surface area (Å²) in [5.41, 5.74) is -0.245. The number of carbonyl (C=O) groups excluding carboxylic acids is 1. The van der Waals surface area contributed by atoms with Crippen molar-refractivity contribution in [3.8, 4) is 6.07 Å². The number of nitriles is 1. The lowest BCUT2D eigenvalue weighted by Crippen LogP contribution is -3.13. The molecule has 2 aliphatic heterocycles. The van der Waals surface area contributed by atoms with Crippen molar-refractivity contribution in [2.45, 2.75) is 19.8 Å². The van der Waals surface area contributed by atoms with Crippen LogP contribution in [-0.4, -0.2) is 36.4 Å². The van der Waals surface area contributed by atoms with E-state index in [1.54, 1.807) is 0 Å². The van der Waals surface area contributed by atoms with Gasteiger partial charge in [-0.2, -0.15) is 5.26 Å². The van der Waals surface area contributed by atoms with Crippen molar-refractivity contribution >= 4 is 29.0 Å². The maximum Gasteiger partial charge on any atom is 0.243 e. The Bertz CT molecular complexity index is 507. The number of quaternary nitrogens is 1. The fourth-order valence-corrected chi connectivity index (χ4v) is 3.50. The van der Waals surface area contributed by atoms with Crippen molar-refractivity contribution in [1.82, 2.24) is 5.32 Å². The molecule has 2 rings (SSSR count). The highest BCUT2D eigenvalue weighted by molar-refractivity contribution is 7.80. The first-order chi connectivity index (χ1) is 9.08. The number of nitrogens with one attached hydrogen (secondary N) is 2. The molecule has 1 atom stereocenters. The highest BCUT2D eigenvalue weighted by Gasteiger charge is 2.53. The van der Waals surface area contributed by atoms with E-state index in [0.29, 0.717) is 18.4 Å². The van der Waals surface area contributed by atoms with Gasteiger partial charge in [0.05, 0.1) is 25.7 Å². The highest BCUT2D eigenvalue weighted by atomic mass is 32.1. The number of likely N-dealkylation sites (tertiary alicyclic amines) is 1. The quantitative estimate of drug-likeness (QED) is 0.382. The maximum atomic E-state index is 12.0. The number of piperidine rings is 2. The SMILES string of the molecule is CC[NH+]1CCC2(CC1)C(=C=[N-])C(=S)NC(=O)[C@@H]2C#N. The van der Waals surface area contributed by atoms with E-state index < -0.39 is 11.3 Å². The van der Waals surface area contributed by atoms with Crippen LogP contribution in [0.4, 0.5) is 0 Å². The Morgan fingerprint density at radius 2 is 2.21 bits per heavy atom. The first-order valence-corrected chi connectivity index (χ1v) is 6.85. The number of rotatable bonds is 1. The molecule has 0 aromatic heterocycles. The number of hydrogen-bond donors (Lipinski definition) is 2. The first kappa shape index (κ1) is 13.9. The van der Waals surface area contributed by atoms with Gasteiger partial charge in [-0.15, -0.1) is 0 Å². The van der Waals surface area contributed by atoms with Crippen LogP contribution in [0.3, 0.4) is 0 Å². The largest absolute Gasteiger partial charge is 0.763 e. The van der Waals surface area contributed by atoms with Gasteiger partial charge in [0.1, 0.15) is 10.9 Å². The van der Waals surface area contributed by atoms with E-state index in [1.165, 1.54) is 4.90 Å². The van der Waals surface area contributed by atoms with Crippen LogP contribution < -0.4 is 10.2 Å². The third kappa shape index (κ3) is 2.10. The van der Waals surface area contributed by atoms with E-state index in [9.17, 15) is 15.5 Å². The first-order valence-electron chi connectivity index (χ1n) is 6.45. The summed E-state index contributed by atoms with van der Waals surface area (Å²) < 4.78 is 0. The van der Waals surface area contributed by atoms with Gasteiger partial charge in [0, 0.05) is 23.8 Å². The lowest BCUT2D eigenvalue weighted by molar-refractivity contribution is -0.905. The summed E-state index contributed by atoms with van der Waals surface area (Å²) in [5, 5.41) is 21.2. The summed E-state index contributed by atoms with van der Waals surface area (Å²) in [6.07, 6.45) is 1.34. The van der Waals surface area contributed by atoms with Crippen LogP contribution >= 0.6 is 12.2 Å². The average molecular weight is 276 g/mol. The van der Waals surface area contributed by atoms with Gasteiger partial charge in [-0.3, -0.25) is 10.7 Å². The second kappa shape index (κ2) is 5.22. The zero-order chi connectivity index (χ0) is 14.0. The van der Waals surface area contributed by atoms with E-state index >= 15 is 0 Å². The molecule has 1 spiro atoms. The van der Waals surface area contributed by atoms with Gasteiger partial charge in [-0.25, -0.2) is 0 Å². The Kier molecular flexibility index (Phi) is 3.81. The molecule has 100 valence electrons. The molecule has 2 saturated heterocycles. The molecule has 0 bridgehead atoms. The Morgan fingerprint density at radius 3 is 2.68 bits per heavy atom. The molecule has 0 aromatic carbocycles. The molecule has 0 radical (unpaired) electrons. The van der Waals surface area contributed by atoms with Gasteiger partial charge in [-0.1, -0.05) is 12.2 Å². The van der Waals surface area contributed by atoms with Gasteiger partial charge < -0.3 is 15.6 Å². The van der Waals surface area contributed by atoms with Crippen molar-refractivity contribution in [1.29, 1.82) is 5.26 Å². The van der Waals surface area contributed by atoms with Crippen molar-refractivity contribution in [2.75, 3.05) is 19.6 Å². The number of nitrogens with zero attached hydrogens (tertiary/aromatic N) is 2. The molecule has 2 heterocycles. The number of amides is 1. The van der Waals surface area contributed by atoms with E-state index in [0.717, 1.165) is 19.6 Å². The molecule has 0 unspecified atom stereocenters. The summed E-state index contributed by atoms with van der Waals surface area (Å²) in [6.45, 7) is 4.87. The van der Waals surface area contributed by atoms with Gasteiger partial charge >= 0.3 is 0 Å². The van der Waals surface area contributed by atoms with Crippen LogP contribution in [0.15, 0.2) is 5.57 Å². The van der Waals surface area contributed by atoms with Crippen LogP contribution in [-0.2, 0) is 4.79 Å². The lowest BCUT2D eigenvalue weighted by Gasteiger charge is -2.45. The second-order valence-corrected chi connectivity index (χ2v) is 5.54. The van der Waals surface area contributed by atoms with Crippen molar-refractivity contribution in [2.24, 2.45) is 11.3 Å². The number of carbonyl (C=O) groups is 1. The fraction of sp³-hybridized carbons (Fsp3) is 0.615. The van der Waals surface area contributed by atoms with E-state index in [1.807, 2.05) is 0 Å². The van der Waals surface area contributed by atoms with Crippen molar-refractivity contribution < 1.29 is 9.69 Å². The minimum Gasteiger partial charge on any atom is -0.763 e. The predicted molar refractivity (Wildman–Crippen MR) is 74.6 cm³/mol. The summed E-state index contributed by atoms with van der Waals surface area (Å²) in [7, 11) is 0. The normalized spacial score (nSPS) is 34.6. The molecule has 19 heavy (non-hydrogen) atoms. The van der Waals surface area contributed by atoms with Crippen LogP contribution in [0, 0.1) is 22.7 Å². The van der Waals surface area contributed by atoms with Gasteiger partial charge in [0.15, 0.2) is 0 Å². The van der Waals surface area contributed by atoms with E-state index in [-0.39, 0.29) is 10.9 Å². The molecular weight excluding hydrogens is 260 g/mol. The molecule has 0 saturated carbocycles. The third-order valence-corrected chi connectivity index (χ3v) is 4.67. The number of thiocarbonyl (C=S) groups is 1. The number of hydrogen-bond acceptors (Lipinski definition) is 3. The molecule has 0 aromatic rings. The summed E-state index contributed by atoms with van der Waals surface area (Å²) >= 11 is 5.11. The average Bonchev–Trinajstić information content (AvgIpc) is 2.40. The molecular formula is C13H16N4OS. The van der Waals surface area contributed by atoms with E-state index in [2.05, 4.69) is 24.2 Å². The molecule has 2 fully saturated rings. The zero-order valence-electron chi connectivity index (χ0n) is 10.8. The van der Waals surface area contributed by atoms with Crippen LogP contribution in [0.1, 0.15) is 19.8 Å². The second-order valence-electron chi connectivity index (χ2n) is 5.13. The van der Waals surface area contributed by atoms with Gasteiger partial charge in [-0.05, 0) is 6.92 Å². The Balaban J connectivity index is 2.42. The molecule has 1 amide bonds. The monoisotopic (exact) mass is 276 g/mol. The molecule has 2 N–H and O–H groups in total. The summed E-state index contributed by atoms with van der Waals surface area (Å²) in [5.74, 6) is 0.978. The van der Waals surface area contributed by atoms with Crippen LogP contribution in [0.25, 0.3) is 5.41 Å². The third-order valence-electron chi connectivity index (χ3n) is 4.37. The maximum absolute atomic E-state index is 12.0. The smallest absolute Gasteiger partial charge is 0.243 e. The summed E-state index contributed by atoms with van der Waals surface area (Å²) in [6, 6.07) is 2.08. The zero-order valence-corrected chi connectivity index (χ0v) is 11.6. The van der Waals surface area contributed by atoms with Gasteiger partial charge in [0.2, 0.25) is 5.91 Å². The van der Waals surface area contributed by atoms with Crippen molar-refractivity contribution in [3.05, 3.63) is 11.0 Å². The molecule has 5 nitrogen and oxygen atoms in total. The lowest BCUT2D eigenvalue weighted by atomic mass is 9.62. The van der Waals surface area contributed by atoms with Crippen LogP contribution in [0.2, 0.25) is 0 Å². The Morgan fingerprint density at radius 1 is 1.58 bits per heavy atom. The summed E-state index contributed by atoms with van der Waals surface area (Å²) in [4.78, 5) is 13.6. The molecule has 2 aliphatic rings. The molecule has 0 aliphatic carbocycles. The van der Waals surface area contributed by atoms with Crippen LogP contribution in [0.5, 0.6) is 0 Å².